The van der Waals surface area contributed by atoms with E-state index in [1.54, 1.807) is 13.0 Å². The van der Waals surface area contributed by atoms with Crippen LogP contribution in [-0.4, -0.2) is 20.4 Å². The largest absolute Gasteiger partial charge is 0.454 e. The van der Waals surface area contributed by atoms with Crippen LogP contribution in [0.15, 0.2) is 12.1 Å². The first-order valence-electron chi connectivity index (χ1n) is 6.29. The molecule has 0 bridgehead atoms. The van der Waals surface area contributed by atoms with Crippen molar-refractivity contribution in [2.45, 2.75) is 32.9 Å². The number of carbonyl (C=O) groups excluding carboxylic acids is 1. The Balaban J connectivity index is 2.13. The van der Waals surface area contributed by atoms with E-state index >= 15 is 0 Å². The number of carbonyl (C=O) groups is 1. The standard InChI is InChI=1S/C13H13N3O4/c1-7-5-11-9(6-10(7)16(18)19)14-13-12(20-8(2)17)3-4-15(11)13/h5-6,12H,3-4H2,1-2H3. The third-order valence-corrected chi connectivity index (χ3v) is 3.50. The van der Waals surface area contributed by atoms with Crippen LogP contribution in [0.4, 0.5) is 5.69 Å². The summed E-state index contributed by atoms with van der Waals surface area (Å²) in [4.78, 5) is 26.0. The molecule has 7 nitrogen and oxygen atoms in total. The molecule has 0 spiro atoms. The first kappa shape index (κ1) is 12.6. The van der Waals surface area contributed by atoms with Crippen molar-refractivity contribution in [3.05, 3.63) is 33.6 Å². The fourth-order valence-corrected chi connectivity index (χ4v) is 2.65. The number of imidazole rings is 1. The van der Waals surface area contributed by atoms with Crippen LogP contribution in [0, 0.1) is 17.0 Å². The fourth-order valence-electron chi connectivity index (χ4n) is 2.65. The van der Waals surface area contributed by atoms with E-state index in [4.69, 9.17) is 4.74 Å². The Kier molecular flexibility index (Phi) is 2.70. The summed E-state index contributed by atoms with van der Waals surface area (Å²) in [6.45, 7) is 3.76. The van der Waals surface area contributed by atoms with Crippen LogP contribution in [0.1, 0.15) is 30.8 Å². The quantitative estimate of drug-likeness (QED) is 0.476. The molecule has 1 atom stereocenters. The summed E-state index contributed by atoms with van der Waals surface area (Å²) in [5, 5.41) is 11.0. The van der Waals surface area contributed by atoms with Crippen molar-refractivity contribution in [1.29, 1.82) is 0 Å². The molecule has 1 unspecified atom stereocenters. The van der Waals surface area contributed by atoms with E-state index in [9.17, 15) is 14.9 Å². The second kappa shape index (κ2) is 4.29. The monoisotopic (exact) mass is 275 g/mol. The first-order valence-corrected chi connectivity index (χ1v) is 6.29. The van der Waals surface area contributed by atoms with E-state index in [0.29, 0.717) is 29.9 Å². The van der Waals surface area contributed by atoms with Crippen molar-refractivity contribution >= 4 is 22.7 Å². The molecule has 2 aromatic rings. The Morgan fingerprint density at radius 2 is 2.30 bits per heavy atom. The maximum absolute atomic E-state index is 11.1. The van der Waals surface area contributed by atoms with E-state index in [1.807, 2.05) is 4.57 Å². The summed E-state index contributed by atoms with van der Waals surface area (Å²) >= 11 is 0. The van der Waals surface area contributed by atoms with Gasteiger partial charge in [0.05, 0.1) is 16.0 Å². The highest BCUT2D eigenvalue weighted by atomic mass is 16.6. The Hall–Kier alpha value is -2.44. The lowest BCUT2D eigenvalue weighted by molar-refractivity contribution is -0.385. The predicted molar refractivity (Wildman–Crippen MR) is 70.2 cm³/mol. The normalized spacial score (nSPS) is 17.2. The number of aromatic nitrogens is 2. The number of benzene rings is 1. The number of nitro benzene ring substituents is 1. The summed E-state index contributed by atoms with van der Waals surface area (Å²) in [5.41, 5.74) is 2.06. The summed E-state index contributed by atoms with van der Waals surface area (Å²) in [5.74, 6) is 0.313. The molecule has 0 N–H and O–H groups in total. The maximum atomic E-state index is 11.1. The molecule has 1 aliphatic rings. The SMILES string of the molecule is CC(=O)OC1CCn2c1nc1cc([N+](=O)[O-])c(C)cc12. The molecule has 7 heteroatoms. The highest BCUT2D eigenvalue weighted by Gasteiger charge is 2.29. The highest BCUT2D eigenvalue weighted by molar-refractivity contribution is 5.81. The van der Waals surface area contributed by atoms with Gasteiger partial charge in [0, 0.05) is 31.5 Å². The van der Waals surface area contributed by atoms with Gasteiger partial charge in [-0.15, -0.1) is 0 Å². The molecule has 0 aliphatic carbocycles. The van der Waals surface area contributed by atoms with Crippen molar-refractivity contribution in [2.24, 2.45) is 0 Å². The number of hydrogen-bond acceptors (Lipinski definition) is 5. The number of ether oxygens (including phenoxy) is 1. The average Bonchev–Trinajstić information content (AvgIpc) is 2.88. The molecule has 0 amide bonds. The van der Waals surface area contributed by atoms with Crippen LogP contribution in [0.25, 0.3) is 11.0 Å². The van der Waals surface area contributed by atoms with Crippen molar-refractivity contribution < 1.29 is 14.5 Å². The fraction of sp³-hybridized carbons (Fsp3) is 0.385. The van der Waals surface area contributed by atoms with E-state index in [0.717, 1.165) is 5.52 Å². The zero-order chi connectivity index (χ0) is 14.4. The van der Waals surface area contributed by atoms with E-state index in [1.165, 1.54) is 13.0 Å². The molecule has 3 rings (SSSR count). The van der Waals surface area contributed by atoms with Crippen LogP contribution in [0.3, 0.4) is 0 Å². The molecule has 20 heavy (non-hydrogen) atoms. The zero-order valence-electron chi connectivity index (χ0n) is 11.1. The smallest absolute Gasteiger partial charge is 0.303 e. The van der Waals surface area contributed by atoms with Crippen molar-refractivity contribution in [2.75, 3.05) is 0 Å². The lowest BCUT2D eigenvalue weighted by Gasteiger charge is -2.07. The predicted octanol–water partition coefficient (Wildman–Crippen LogP) is 2.26. The number of fused-ring (bicyclic) bond motifs is 3. The van der Waals surface area contributed by atoms with Gasteiger partial charge in [0.15, 0.2) is 11.9 Å². The maximum Gasteiger partial charge on any atom is 0.303 e. The van der Waals surface area contributed by atoms with E-state index in [-0.39, 0.29) is 17.8 Å². The van der Waals surface area contributed by atoms with Crippen LogP contribution >= 0.6 is 0 Å². The molecular weight excluding hydrogens is 262 g/mol. The van der Waals surface area contributed by atoms with Crippen molar-refractivity contribution in [3.8, 4) is 0 Å². The summed E-state index contributed by atoms with van der Waals surface area (Å²) < 4.78 is 7.18. The number of nitro groups is 1. The zero-order valence-corrected chi connectivity index (χ0v) is 11.1. The number of nitrogens with zero attached hydrogens (tertiary/aromatic N) is 3. The van der Waals surface area contributed by atoms with Gasteiger partial charge in [-0.3, -0.25) is 14.9 Å². The van der Waals surface area contributed by atoms with Crippen LogP contribution < -0.4 is 0 Å². The third-order valence-electron chi connectivity index (χ3n) is 3.50. The van der Waals surface area contributed by atoms with E-state index < -0.39 is 4.92 Å². The molecule has 1 aromatic heterocycles. The minimum Gasteiger partial charge on any atom is -0.454 e. The van der Waals surface area contributed by atoms with Crippen LogP contribution in [0.5, 0.6) is 0 Å². The first-order chi connectivity index (χ1) is 9.47. The van der Waals surface area contributed by atoms with Crippen molar-refractivity contribution in [1.82, 2.24) is 9.55 Å². The topological polar surface area (TPSA) is 87.3 Å². The molecule has 2 heterocycles. The minimum atomic E-state index is -0.414. The number of esters is 1. The second-order valence-electron chi connectivity index (χ2n) is 4.89. The summed E-state index contributed by atoms with van der Waals surface area (Å²) in [7, 11) is 0. The number of hydrogen-bond donors (Lipinski definition) is 0. The molecule has 0 saturated heterocycles. The average molecular weight is 275 g/mol. The minimum absolute atomic E-state index is 0.0540. The van der Waals surface area contributed by atoms with Gasteiger partial charge in [-0.25, -0.2) is 4.98 Å². The second-order valence-corrected chi connectivity index (χ2v) is 4.89. The molecule has 1 aliphatic heterocycles. The molecule has 104 valence electrons. The van der Waals surface area contributed by atoms with Gasteiger partial charge in [0.1, 0.15) is 0 Å². The molecular formula is C13H13N3O4. The van der Waals surface area contributed by atoms with Gasteiger partial charge >= 0.3 is 5.97 Å². The Bertz CT molecular complexity index is 735. The number of rotatable bonds is 2. The highest BCUT2D eigenvalue weighted by Crippen LogP contribution is 2.34. The van der Waals surface area contributed by atoms with Gasteiger partial charge in [0.25, 0.3) is 5.69 Å². The molecule has 0 saturated carbocycles. The lowest BCUT2D eigenvalue weighted by Crippen LogP contribution is -2.06. The Labute approximate surface area is 114 Å². The third kappa shape index (κ3) is 1.82. The lowest BCUT2D eigenvalue weighted by atomic mass is 10.2. The molecule has 0 radical (unpaired) electrons. The van der Waals surface area contributed by atoms with Gasteiger partial charge in [-0.2, -0.15) is 0 Å². The van der Waals surface area contributed by atoms with Gasteiger partial charge in [0.2, 0.25) is 0 Å². The Morgan fingerprint density at radius 1 is 1.55 bits per heavy atom. The van der Waals surface area contributed by atoms with Crippen molar-refractivity contribution in [3.63, 3.8) is 0 Å². The van der Waals surface area contributed by atoms with Gasteiger partial charge < -0.3 is 9.30 Å². The molecule has 1 aromatic carbocycles. The molecule has 0 fully saturated rings. The van der Waals surface area contributed by atoms with Crippen LogP contribution in [-0.2, 0) is 16.1 Å². The van der Waals surface area contributed by atoms with Gasteiger partial charge in [-0.1, -0.05) is 0 Å². The Morgan fingerprint density at radius 3 is 2.95 bits per heavy atom. The summed E-state index contributed by atoms with van der Waals surface area (Å²) in [6, 6.07) is 3.24. The van der Waals surface area contributed by atoms with E-state index in [2.05, 4.69) is 4.98 Å². The summed E-state index contributed by atoms with van der Waals surface area (Å²) in [6.07, 6.45) is 0.327. The van der Waals surface area contributed by atoms with Crippen LogP contribution in [0.2, 0.25) is 0 Å². The number of aryl methyl sites for hydroxylation is 2. The van der Waals surface area contributed by atoms with Gasteiger partial charge in [-0.05, 0) is 13.0 Å².